The summed E-state index contributed by atoms with van der Waals surface area (Å²) in [6.45, 7) is 0.781. The first-order valence-electron chi connectivity index (χ1n) is 10.0. The van der Waals surface area contributed by atoms with Crippen LogP contribution in [0.3, 0.4) is 0 Å². The first kappa shape index (κ1) is 19.5. The van der Waals surface area contributed by atoms with Crippen LogP contribution < -0.4 is 10.2 Å². The summed E-state index contributed by atoms with van der Waals surface area (Å²) in [7, 11) is 0. The fourth-order valence-electron chi connectivity index (χ4n) is 3.68. The molecule has 4 aromatic rings. The number of carbonyl (C=O) groups is 2. The summed E-state index contributed by atoms with van der Waals surface area (Å²) in [6, 6.07) is 25.1. The van der Waals surface area contributed by atoms with Crippen molar-refractivity contribution >= 4 is 40.2 Å². The van der Waals surface area contributed by atoms with E-state index >= 15 is 0 Å². The van der Waals surface area contributed by atoms with Crippen molar-refractivity contribution in [3.63, 3.8) is 0 Å². The molecule has 6 heteroatoms. The van der Waals surface area contributed by atoms with Gasteiger partial charge in [0.05, 0.1) is 24.5 Å². The Morgan fingerprint density at radius 2 is 1.81 bits per heavy atom. The van der Waals surface area contributed by atoms with Crippen LogP contribution in [-0.2, 0) is 17.9 Å². The summed E-state index contributed by atoms with van der Waals surface area (Å²) in [5.41, 5.74) is 3.14. The molecule has 5 rings (SSSR count). The van der Waals surface area contributed by atoms with Gasteiger partial charge in [-0.15, -0.1) is 11.8 Å². The lowest BCUT2D eigenvalue weighted by Crippen LogP contribution is -2.35. The topological polar surface area (TPSA) is 62.6 Å². The zero-order valence-corrected chi connectivity index (χ0v) is 17.5. The van der Waals surface area contributed by atoms with Gasteiger partial charge in [-0.25, -0.2) is 0 Å². The lowest BCUT2D eigenvalue weighted by atomic mass is 10.1. The highest BCUT2D eigenvalue weighted by Crippen LogP contribution is 2.37. The number of hydrogen-bond donors (Lipinski definition) is 1. The monoisotopic (exact) mass is 428 g/mol. The first-order chi connectivity index (χ1) is 15.2. The van der Waals surface area contributed by atoms with Gasteiger partial charge in [0.25, 0.3) is 5.91 Å². The maximum atomic E-state index is 12.8. The van der Waals surface area contributed by atoms with Gasteiger partial charge in [0, 0.05) is 15.8 Å². The number of nitrogens with one attached hydrogen (secondary N) is 1. The molecule has 1 N–H and O–H groups in total. The molecule has 0 spiro atoms. The molecule has 1 aromatic heterocycles. The molecule has 1 aliphatic rings. The van der Waals surface area contributed by atoms with Crippen molar-refractivity contribution in [2.45, 2.75) is 18.0 Å². The molecule has 0 aliphatic carbocycles. The van der Waals surface area contributed by atoms with E-state index in [1.54, 1.807) is 17.0 Å². The van der Waals surface area contributed by atoms with Crippen LogP contribution in [0.15, 0.2) is 88.2 Å². The van der Waals surface area contributed by atoms with Gasteiger partial charge in [0.1, 0.15) is 11.3 Å². The van der Waals surface area contributed by atoms with Crippen molar-refractivity contribution < 1.29 is 14.0 Å². The lowest BCUT2D eigenvalue weighted by molar-refractivity contribution is -0.116. The van der Waals surface area contributed by atoms with Crippen LogP contribution in [0.4, 0.5) is 5.69 Å². The van der Waals surface area contributed by atoms with Crippen molar-refractivity contribution in [1.29, 1.82) is 0 Å². The first-order valence-corrected chi connectivity index (χ1v) is 11.0. The minimum Gasteiger partial charge on any atom is -0.459 e. The fourth-order valence-corrected chi connectivity index (χ4v) is 4.59. The predicted molar refractivity (Wildman–Crippen MR) is 122 cm³/mol. The zero-order valence-electron chi connectivity index (χ0n) is 16.7. The van der Waals surface area contributed by atoms with Crippen LogP contribution in [0.1, 0.15) is 21.7 Å². The second kappa shape index (κ2) is 8.32. The van der Waals surface area contributed by atoms with Gasteiger partial charge >= 0.3 is 0 Å². The number of nitrogens with zero attached hydrogens (tertiary/aromatic N) is 1. The second-order valence-electron chi connectivity index (χ2n) is 7.37. The summed E-state index contributed by atoms with van der Waals surface area (Å²) in [5, 5.41) is 3.92. The number of anilines is 1. The molecule has 2 heterocycles. The van der Waals surface area contributed by atoms with E-state index in [4.69, 9.17) is 4.42 Å². The van der Waals surface area contributed by atoms with Crippen molar-refractivity contribution in [2.75, 3.05) is 10.7 Å². The SMILES string of the molecule is O=C(NCc1cc2ccccc2o1)c1ccc2c(c1)N(Cc1ccccc1)C(=O)CS2. The number of thioether (sulfide) groups is 1. The maximum Gasteiger partial charge on any atom is 0.251 e. The summed E-state index contributed by atoms with van der Waals surface area (Å²) >= 11 is 1.51. The van der Waals surface area contributed by atoms with Crippen LogP contribution in [0, 0.1) is 0 Å². The number of benzene rings is 3. The van der Waals surface area contributed by atoms with E-state index in [9.17, 15) is 9.59 Å². The highest BCUT2D eigenvalue weighted by Gasteiger charge is 2.26. The molecular formula is C25H20N2O3S. The molecule has 0 radical (unpaired) electrons. The van der Waals surface area contributed by atoms with Crippen LogP contribution in [0.2, 0.25) is 0 Å². The van der Waals surface area contributed by atoms with Crippen molar-refractivity contribution in [2.24, 2.45) is 0 Å². The zero-order chi connectivity index (χ0) is 21.2. The maximum absolute atomic E-state index is 12.8. The van der Waals surface area contributed by atoms with Gasteiger partial charge in [-0.1, -0.05) is 48.5 Å². The molecule has 0 atom stereocenters. The Labute approximate surface area is 184 Å². The quantitative estimate of drug-likeness (QED) is 0.486. The van der Waals surface area contributed by atoms with Gasteiger partial charge in [0.15, 0.2) is 0 Å². The molecule has 0 fully saturated rings. The highest BCUT2D eigenvalue weighted by molar-refractivity contribution is 8.00. The third kappa shape index (κ3) is 4.07. The smallest absolute Gasteiger partial charge is 0.251 e. The number of carbonyl (C=O) groups excluding carboxylic acids is 2. The van der Waals surface area contributed by atoms with Crippen LogP contribution in [0.5, 0.6) is 0 Å². The summed E-state index contributed by atoms with van der Waals surface area (Å²) in [6.07, 6.45) is 0. The Bertz CT molecular complexity index is 1230. The molecule has 154 valence electrons. The minimum absolute atomic E-state index is 0.0428. The average Bonchev–Trinajstić information content (AvgIpc) is 3.23. The number of rotatable bonds is 5. The standard InChI is InChI=1S/C25H20N2O3S/c28-24-16-31-23-11-10-19(13-21(23)27(24)15-17-6-2-1-3-7-17)25(29)26-14-20-12-18-8-4-5-9-22(18)30-20/h1-13H,14-16H2,(H,26,29). The Hall–Kier alpha value is -3.51. The molecule has 1 aliphatic heterocycles. The Kier molecular flexibility index (Phi) is 5.22. The van der Waals surface area contributed by atoms with E-state index in [1.807, 2.05) is 66.7 Å². The lowest BCUT2D eigenvalue weighted by Gasteiger charge is -2.29. The summed E-state index contributed by atoms with van der Waals surface area (Å²) in [4.78, 5) is 28.2. The molecule has 5 nitrogen and oxygen atoms in total. The number of para-hydroxylation sites is 1. The highest BCUT2D eigenvalue weighted by atomic mass is 32.2. The predicted octanol–water partition coefficient (Wildman–Crippen LogP) is 5.00. The molecular weight excluding hydrogens is 408 g/mol. The van der Waals surface area contributed by atoms with E-state index in [-0.39, 0.29) is 11.8 Å². The Morgan fingerprint density at radius 3 is 2.65 bits per heavy atom. The van der Waals surface area contributed by atoms with Crippen LogP contribution >= 0.6 is 11.8 Å². The van der Waals surface area contributed by atoms with Gasteiger partial charge in [-0.2, -0.15) is 0 Å². The van der Waals surface area contributed by atoms with Crippen molar-refractivity contribution in [3.05, 3.63) is 95.7 Å². The van der Waals surface area contributed by atoms with E-state index in [0.717, 1.165) is 27.1 Å². The van der Waals surface area contributed by atoms with Crippen LogP contribution in [-0.4, -0.2) is 17.6 Å². The Balaban J connectivity index is 1.35. The number of fused-ring (bicyclic) bond motifs is 2. The van der Waals surface area contributed by atoms with E-state index in [1.165, 1.54) is 11.8 Å². The molecule has 2 amide bonds. The van der Waals surface area contributed by atoms with Crippen molar-refractivity contribution in [1.82, 2.24) is 5.32 Å². The third-order valence-electron chi connectivity index (χ3n) is 5.25. The van der Waals surface area contributed by atoms with E-state index < -0.39 is 0 Å². The van der Waals surface area contributed by atoms with Gasteiger partial charge in [0.2, 0.25) is 5.91 Å². The number of hydrogen-bond acceptors (Lipinski definition) is 4. The third-order valence-corrected chi connectivity index (χ3v) is 6.29. The van der Waals surface area contributed by atoms with Gasteiger partial charge in [-0.3, -0.25) is 9.59 Å². The summed E-state index contributed by atoms with van der Waals surface area (Å²) < 4.78 is 5.77. The second-order valence-corrected chi connectivity index (χ2v) is 8.39. The summed E-state index contributed by atoms with van der Waals surface area (Å²) in [5.74, 6) is 0.938. The van der Waals surface area contributed by atoms with E-state index in [0.29, 0.717) is 30.2 Å². The average molecular weight is 429 g/mol. The van der Waals surface area contributed by atoms with Crippen molar-refractivity contribution in [3.8, 4) is 0 Å². The molecule has 3 aromatic carbocycles. The Morgan fingerprint density at radius 1 is 1.00 bits per heavy atom. The molecule has 0 saturated carbocycles. The van der Waals surface area contributed by atoms with Crippen LogP contribution in [0.25, 0.3) is 11.0 Å². The largest absolute Gasteiger partial charge is 0.459 e. The minimum atomic E-state index is -0.203. The van der Waals surface area contributed by atoms with E-state index in [2.05, 4.69) is 5.32 Å². The van der Waals surface area contributed by atoms with Gasteiger partial charge < -0.3 is 14.6 Å². The number of furan rings is 1. The number of amides is 2. The molecule has 0 saturated heterocycles. The molecule has 0 unspecified atom stereocenters. The molecule has 0 bridgehead atoms. The fraction of sp³-hybridized carbons (Fsp3) is 0.120. The molecule has 31 heavy (non-hydrogen) atoms. The van der Waals surface area contributed by atoms with Gasteiger partial charge in [-0.05, 0) is 35.9 Å². The normalized spacial score (nSPS) is 13.3.